The summed E-state index contributed by atoms with van der Waals surface area (Å²) in [7, 11) is 0. The highest BCUT2D eigenvalue weighted by molar-refractivity contribution is 7.21. The number of hydrogen-bond donors (Lipinski definition) is 2. The van der Waals surface area contributed by atoms with E-state index >= 15 is 0 Å². The summed E-state index contributed by atoms with van der Waals surface area (Å²) in [5.74, 6) is -1.54. The smallest absolute Gasteiger partial charge is 0.347 e. The lowest BCUT2D eigenvalue weighted by molar-refractivity contribution is -0.146. The van der Waals surface area contributed by atoms with E-state index in [2.05, 4.69) is 10.3 Å². The van der Waals surface area contributed by atoms with Gasteiger partial charge in [-0.1, -0.05) is 12.1 Å². The molecule has 0 bridgehead atoms. The molecule has 2 aromatic carbocycles. The molecule has 0 amide bonds. The van der Waals surface area contributed by atoms with E-state index in [9.17, 15) is 14.7 Å². The number of hydrogen-bond acceptors (Lipinski definition) is 8. The second-order valence-corrected chi connectivity index (χ2v) is 6.89. The van der Waals surface area contributed by atoms with Gasteiger partial charge in [-0.15, -0.1) is 11.3 Å². The summed E-state index contributed by atoms with van der Waals surface area (Å²) in [4.78, 5) is 28.5. The van der Waals surface area contributed by atoms with Gasteiger partial charge < -0.3 is 19.9 Å². The highest BCUT2D eigenvalue weighted by Gasteiger charge is 2.21. The van der Waals surface area contributed by atoms with Gasteiger partial charge in [0, 0.05) is 18.0 Å². The molecule has 0 aliphatic heterocycles. The third kappa shape index (κ3) is 4.72. The number of ether oxygens (including phenoxy) is 2. The third-order valence-corrected chi connectivity index (χ3v) is 4.97. The Morgan fingerprint density at radius 3 is 2.41 bits per heavy atom. The average molecular weight is 412 g/mol. The zero-order valence-corrected chi connectivity index (χ0v) is 16.8. The van der Waals surface area contributed by atoms with Crippen LogP contribution in [0.1, 0.15) is 13.8 Å². The number of carbonyl (C=O) groups excluding carboxylic acids is 2. The molecule has 1 aromatic heterocycles. The summed E-state index contributed by atoms with van der Waals surface area (Å²) < 4.78 is 10.8. The first-order chi connectivity index (χ1) is 14.0. The van der Waals surface area contributed by atoms with E-state index < -0.39 is 11.9 Å². The number of carbonyl (C=O) groups is 2. The topological polar surface area (TPSA) is 97.8 Å². The van der Waals surface area contributed by atoms with Crippen LogP contribution in [0.25, 0.3) is 20.8 Å². The second-order valence-electron chi connectivity index (χ2n) is 5.86. The zero-order valence-electron chi connectivity index (χ0n) is 16.0. The molecule has 150 valence electrons. The molecule has 0 spiro atoms. The molecule has 3 rings (SSSR count). The largest absolute Gasteiger partial charge is 0.507 e. The number of nitrogens with one attached hydrogen (secondary N) is 1. The normalized spacial score (nSPS) is 10.4. The van der Waals surface area contributed by atoms with Crippen molar-refractivity contribution in [2.45, 2.75) is 13.8 Å². The van der Waals surface area contributed by atoms with Gasteiger partial charge in [0.1, 0.15) is 10.8 Å². The summed E-state index contributed by atoms with van der Waals surface area (Å²) in [6.07, 6.45) is 1.21. The van der Waals surface area contributed by atoms with E-state index in [1.54, 1.807) is 26.0 Å². The number of phenols is 1. The molecule has 0 aliphatic carbocycles. The summed E-state index contributed by atoms with van der Waals surface area (Å²) in [5, 5.41) is 14.0. The maximum Gasteiger partial charge on any atom is 0.347 e. The predicted octanol–water partition coefficient (Wildman–Crippen LogP) is 4.09. The minimum Gasteiger partial charge on any atom is -0.507 e. The molecule has 0 radical (unpaired) electrons. The van der Waals surface area contributed by atoms with Gasteiger partial charge in [-0.3, -0.25) is 0 Å². The highest BCUT2D eigenvalue weighted by Crippen LogP contribution is 2.36. The van der Waals surface area contributed by atoms with Gasteiger partial charge in [0.2, 0.25) is 0 Å². The van der Waals surface area contributed by atoms with Crippen LogP contribution in [0.2, 0.25) is 0 Å². The average Bonchev–Trinajstić information content (AvgIpc) is 3.12. The number of aromatic hydroxyl groups is 1. The summed E-state index contributed by atoms with van der Waals surface area (Å²) >= 11 is 1.48. The molecule has 0 saturated carbocycles. The fourth-order valence-corrected chi connectivity index (χ4v) is 3.56. The lowest BCUT2D eigenvalue weighted by Crippen LogP contribution is -2.19. The van der Waals surface area contributed by atoms with E-state index in [-0.39, 0.29) is 24.5 Å². The van der Waals surface area contributed by atoms with E-state index in [4.69, 9.17) is 9.47 Å². The number of aromatic nitrogens is 1. The van der Waals surface area contributed by atoms with Gasteiger partial charge in [-0.25, -0.2) is 14.6 Å². The first-order valence-corrected chi connectivity index (χ1v) is 9.85. The van der Waals surface area contributed by atoms with E-state index in [1.807, 2.05) is 24.3 Å². The maximum absolute atomic E-state index is 12.0. The van der Waals surface area contributed by atoms with Gasteiger partial charge in [0.15, 0.2) is 5.57 Å². The minimum absolute atomic E-state index is 0.0243. The number of nitrogens with zero attached hydrogens (tertiary/aromatic N) is 1. The molecule has 1 heterocycles. The van der Waals surface area contributed by atoms with E-state index in [0.717, 1.165) is 10.2 Å². The molecule has 0 aliphatic rings. The Hall–Kier alpha value is -3.39. The Morgan fingerprint density at radius 2 is 1.79 bits per heavy atom. The van der Waals surface area contributed by atoms with Crippen LogP contribution in [0.4, 0.5) is 5.69 Å². The van der Waals surface area contributed by atoms with Gasteiger partial charge in [0.25, 0.3) is 0 Å². The van der Waals surface area contributed by atoms with Crippen LogP contribution in [0.3, 0.4) is 0 Å². The van der Waals surface area contributed by atoms with E-state index in [0.29, 0.717) is 16.3 Å². The van der Waals surface area contributed by atoms with Crippen molar-refractivity contribution >= 4 is 39.2 Å². The van der Waals surface area contributed by atoms with E-state index in [1.165, 1.54) is 23.6 Å². The number of fused-ring (bicyclic) bond motifs is 1. The number of para-hydroxylation sites is 1. The zero-order chi connectivity index (χ0) is 20.8. The molecule has 29 heavy (non-hydrogen) atoms. The molecular formula is C21H20N2O5S. The van der Waals surface area contributed by atoms with Gasteiger partial charge >= 0.3 is 11.9 Å². The van der Waals surface area contributed by atoms with Crippen LogP contribution < -0.4 is 5.32 Å². The lowest BCUT2D eigenvalue weighted by atomic mass is 10.2. The van der Waals surface area contributed by atoms with Gasteiger partial charge in [0.05, 0.1) is 29.0 Å². The number of esters is 2. The Balaban J connectivity index is 1.84. The minimum atomic E-state index is -0.784. The summed E-state index contributed by atoms with van der Waals surface area (Å²) in [5.41, 5.74) is 1.68. The quantitative estimate of drug-likeness (QED) is 0.261. The van der Waals surface area contributed by atoms with Crippen molar-refractivity contribution < 1.29 is 24.2 Å². The van der Waals surface area contributed by atoms with Crippen molar-refractivity contribution in [3.63, 3.8) is 0 Å². The molecule has 8 heteroatoms. The Bertz CT molecular complexity index is 1020. The Labute approximate surface area is 171 Å². The van der Waals surface area contributed by atoms with Crippen molar-refractivity contribution in [2.75, 3.05) is 18.5 Å². The van der Waals surface area contributed by atoms with Crippen molar-refractivity contribution in [1.82, 2.24) is 4.98 Å². The first-order valence-electron chi connectivity index (χ1n) is 9.03. The first kappa shape index (κ1) is 20.3. The molecule has 0 atom stereocenters. The van der Waals surface area contributed by atoms with Gasteiger partial charge in [-0.2, -0.15) is 0 Å². The van der Waals surface area contributed by atoms with Crippen LogP contribution in [0, 0.1) is 0 Å². The van der Waals surface area contributed by atoms with Crippen LogP contribution in [0.15, 0.2) is 54.2 Å². The summed E-state index contributed by atoms with van der Waals surface area (Å²) in [6.45, 7) is 3.56. The number of thiazole rings is 1. The Kier molecular flexibility index (Phi) is 6.46. The van der Waals surface area contributed by atoms with Crippen molar-refractivity contribution in [3.8, 4) is 16.3 Å². The monoisotopic (exact) mass is 412 g/mol. The number of benzene rings is 2. The fraction of sp³-hybridized carbons (Fsp3) is 0.190. The number of anilines is 1. The van der Waals surface area contributed by atoms with Crippen molar-refractivity contribution in [3.05, 3.63) is 54.2 Å². The molecule has 0 unspecified atom stereocenters. The summed E-state index contributed by atoms with van der Waals surface area (Å²) in [6, 6.07) is 12.7. The van der Waals surface area contributed by atoms with Crippen LogP contribution in [-0.4, -0.2) is 35.2 Å². The van der Waals surface area contributed by atoms with Gasteiger partial charge in [-0.05, 0) is 38.1 Å². The lowest BCUT2D eigenvalue weighted by Gasteiger charge is -2.09. The van der Waals surface area contributed by atoms with Crippen LogP contribution in [0.5, 0.6) is 5.75 Å². The maximum atomic E-state index is 12.0. The second kappa shape index (κ2) is 9.20. The standard InChI is InChI=1S/C21H20N2O5S/c1-3-27-20(25)15(21(26)28-4-2)12-22-13-9-10-14(17(24)11-13)19-23-16-7-5-6-8-18(16)29-19/h5-12,22,24H,3-4H2,1-2H3. The molecular weight excluding hydrogens is 392 g/mol. The molecule has 7 nitrogen and oxygen atoms in total. The van der Waals surface area contributed by atoms with Crippen LogP contribution >= 0.6 is 11.3 Å². The molecule has 0 saturated heterocycles. The fourth-order valence-electron chi connectivity index (χ4n) is 2.56. The molecule has 3 aromatic rings. The third-order valence-electron chi connectivity index (χ3n) is 3.90. The highest BCUT2D eigenvalue weighted by atomic mass is 32.1. The molecule has 2 N–H and O–H groups in total. The molecule has 0 fully saturated rings. The predicted molar refractivity (Wildman–Crippen MR) is 112 cm³/mol. The SMILES string of the molecule is CCOC(=O)C(=CNc1ccc(-c2nc3ccccc3s2)c(O)c1)C(=O)OCC. The van der Waals surface area contributed by atoms with Crippen LogP contribution in [-0.2, 0) is 19.1 Å². The van der Waals surface area contributed by atoms with Crippen molar-refractivity contribution in [1.29, 1.82) is 0 Å². The van der Waals surface area contributed by atoms with Crippen molar-refractivity contribution in [2.24, 2.45) is 0 Å². The number of rotatable bonds is 7. The Morgan fingerprint density at radius 1 is 1.10 bits per heavy atom. The number of phenolic OH excluding ortho intramolecular Hbond substituents is 1.